The van der Waals surface area contributed by atoms with Crippen molar-refractivity contribution in [2.45, 2.75) is 39.7 Å². The van der Waals surface area contributed by atoms with E-state index in [-0.39, 0.29) is 5.92 Å². The molecule has 2 atom stereocenters. The Labute approximate surface area is 112 Å². The number of aliphatic hydroxyl groups is 1. The SMILES string of the molecule is CCCC(C)C(O)c1cc(Br)c(C)cc1OC. The van der Waals surface area contributed by atoms with Crippen LogP contribution in [0.25, 0.3) is 0 Å². The van der Waals surface area contributed by atoms with E-state index in [9.17, 15) is 5.11 Å². The number of methoxy groups -OCH3 is 1. The Bertz CT molecular complexity index is 377. The van der Waals surface area contributed by atoms with Crippen LogP contribution in [0.1, 0.15) is 43.9 Å². The number of ether oxygens (including phenoxy) is 1. The molecule has 2 nitrogen and oxygen atoms in total. The van der Waals surface area contributed by atoms with Gasteiger partial charge in [-0.25, -0.2) is 0 Å². The molecule has 2 unspecified atom stereocenters. The Hall–Kier alpha value is -0.540. The summed E-state index contributed by atoms with van der Waals surface area (Å²) in [7, 11) is 1.64. The third kappa shape index (κ3) is 3.46. The van der Waals surface area contributed by atoms with Crippen LogP contribution in [-0.4, -0.2) is 12.2 Å². The standard InChI is InChI=1S/C14H21BrO2/c1-5-6-9(2)14(16)11-8-12(15)10(3)7-13(11)17-4/h7-9,14,16H,5-6H2,1-4H3. The lowest BCUT2D eigenvalue weighted by Crippen LogP contribution is -2.10. The zero-order valence-corrected chi connectivity index (χ0v) is 12.5. The van der Waals surface area contributed by atoms with Gasteiger partial charge >= 0.3 is 0 Å². The van der Waals surface area contributed by atoms with E-state index < -0.39 is 6.10 Å². The van der Waals surface area contributed by atoms with E-state index in [1.165, 1.54) is 0 Å². The molecular formula is C14H21BrO2. The van der Waals surface area contributed by atoms with E-state index in [1.54, 1.807) is 7.11 Å². The van der Waals surface area contributed by atoms with Gasteiger partial charge in [-0.1, -0.05) is 36.2 Å². The number of aliphatic hydroxyl groups excluding tert-OH is 1. The first-order valence-electron chi connectivity index (χ1n) is 6.03. The molecule has 0 radical (unpaired) electrons. The van der Waals surface area contributed by atoms with Crippen LogP contribution in [0.4, 0.5) is 0 Å². The molecule has 0 amide bonds. The maximum absolute atomic E-state index is 10.3. The van der Waals surface area contributed by atoms with Crippen molar-refractivity contribution in [1.29, 1.82) is 0 Å². The van der Waals surface area contributed by atoms with Crippen molar-refractivity contribution in [3.8, 4) is 5.75 Å². The maximum atomic E-state index is 10.3. The molecule has 0 aliphatic heterocycles. The van der Waals surface area contributed by atoms with Crippen molar-refractivity contribution < 1.29 is 9.84 Å². The predicted octanol–water partition coefficient (Wildman–Crippen LogP) is 4.24. The molecular weight excluding hydrogens is 280 g/mol. The van der Waals surface area contributed by atoms with E-state index in [4.69, 9.17) is 4.74 Å². The molecule has 1 rings (SSSR count). The van der Waals surface area contributed by atoms with E-state index >= 15 is 0 Å². The second-order valence-electron chi connectivity index (χ2n) is 4.55. The van der Waals surface area contributed by atoms with Gasteiger partial charge in [0.15, 0.2) is 0 Å². The summed E-state index contributed by atoms with van der Waals surface area (Å²) in [4.78, 5) is 0. The van der Waals surface area contributed by atoms with Crippen molar-refractivity contribution in [2.75, 3.05) is 7.11 Å². The number of halogens is 1. The lowest BCUT2D eigenvalue weighted by Gasteiger charge is -2.21. The molecule has 0 heterocycles. The normalized spacial score (nSPS) is 14.5. The molecule has 0 aliphatic rings. The highest BCUT2D eigenvalue weighted by Gasteiger charge is 2.20. The van der Waals surface area contributed by atoms with Crippen LogP contribution in [0, 0.1) is 12.8 Å². The highest BCUT2D eigenvalue weighted by molar-refractivity contribution is 9.10. The van der Waals surface area contributed by atoms with Gasteiger partial charge in [0.05, 0.1) is 13.2 Å². The number of hydrogen-bond donors (Lipinski definition) is 1. The van der Waals surface area contributed by atoms with Crippen LogP contribution >= 0.6 is 15.9 Å². The van der Waals surface area contributed by atoms with Gasteiger partial charge in [-0.05, 0) is 37.0 Å². The van der Waals surface area contributed by atoms with Crippen molar-refractivity contribution >= 4 is 15.9 Å². The third-order valence-corrected chi connectivity index (χ3v) is 3.97. The number of aryl methyl sites for hydroxylation is 1. The van der Waals surface area contributed by atoms with Crippen LogP contribution in [0.5, 0.6) is 5.75 Å². The minimum absolute atomic E-state index is 0.239. The molecule has 3 heteroatoms. The number of hydrogen-bond acceptors (Lipinski definition) is 2. The van der Waals surface area contributed by atoms with Gasteiger partial charge in [0, 0.05) is 10.0 Å². The summed E-state index contributed by atoms with van der Waals surface area (Å²) >= 11 is 3.50. The quantitative estimate of drug-likeness (QED) is 0.881. The maximum Gasteiger partial charge on any atom is 0.125 e. The highest BCUT2D eigenvalue weighted by atomic mass is 79.9. The van der Waals surface area contributed by atoms with Gasteiger partial charge in [-0.2, -0.15) is 0 Å². The zero-order chi connectivity index (χ0) is 13.0. The van der Waals surface area contributed by atoms with Crippen LogP contribution in [0.3, 0.4) is 0 Å². The monoisotopic (exact) mass is 300 g/mol. The van der Waals surface area contributed by atoms with Gasteiger partial charge in [-0.15, -0.1) is 0 Å². The van der Waals surface area contributed by atoms with Gasteiger partial charge in [-0.3, -0.25) is 0 Å². The minimum atomic E-state index is -0.471. The second kappa shape index (κ2) is 6.41. The summed E-state index contributed by atoms with van der Waals surface area (Å²) in [5, 5.41) is 10.3. The average Bonchev–Trinajstić information content (AvgIpc) is 2.31. The van der Waals surface area contributed by atoms with E-state index in [0.29, 0.717) is 0 Å². The van der Waals surface area contributed by atoms with E-state index in [0.717, 1.165) is 34.2 Å². The fourth-order valence-electron chi connectivity index (χ4n) is 2.00. The summed E-state index contributed by atoms with van der Waals surface area (Å²) in [6, 6.07) is 3.92. The lowest BCUT2D eigenvalue weighted by molar-refractivity contribution is 0.109. The van der Waals surface area contributed by atoms with E-state index in [1.807, 2.05) is 19.1 Å². The first-order valence-corrected chi connectivity index (χ1v) is 6.82. The summed E-state index contributed by atoms with van der Waals surface area (Å²) in [6.45, 7) is 6.21. The van der Waals surface area contributed by atoms with Crippen LogP contribution in [0.15, 0.2) is 16.6 Å². The largest absolute Gasteiger partial charge is 0.496 e. The van der Waals surface area contributed by atoms with Crippen molar-refractivity contribution in [2.24, 2.45) is 5.92 Å². The molecule has 0 aliphatic carbocycles. The number of benzene rings is 1. The van der Waals surface area contributed by atoms with Crippen molar-refractivity contribution in [1.82, 2.24) is 0 Å². The topological polar surface area (TPSA) is 29.5 Å². The smallest absolute Gasteiger partial charge is 0.125 e. The molecule has 1 aromatic carbocycles. The first kappa shape index (κ1) is 14.5. The molecule has 0 bridgehead atoms. The minimum Gasteiger partial charge on any atom is -0.496 e. The Morgan fingerprint density at radius 2 is 2.06 bits per heavy atom. The van der Waals surface area contributed by atoms with Crippen molar-refractivity contribution in [3.63, 3.8) is 0 Å². The van der Waals surface area contributed by atoms with Crippen molar-refractivity contribution in [3.05, 3.63) is 27.7 Å². The summed E-state index contributed by atoms with van der Waals surface area (Å²) < 4.78 is 6.36. The zero-order valence-electron chi connectivity index (χ0n) is 11.0. The lowest BCUT2D eigenvalue weighted by atomic mass is 9.92. The number of rotatable bonds is 5. The summed E-state index contributed by atoms with van der Waals surface area (Å²) in [5.41, 5.74) is 1.98. The molecule has 0 aromatic heterocycles. The Balaban J connectivity index is 3.07. The van der Waals surface area contributed by atoms with E-state index in [2.05, 4.69) is 29.8 Å². The third-order valence-electron chi connectivity index (χ3n) is 3.11. The highest BCUT2D eigenvalue weighted by Crippen LogP contribution is 2.35. The predicted molar refractivity (Wildman–Crippen MR) is 74.5 cm³/mol. The fourth-order valence-corrected chi connectivity index (χ4v) is 2.36. The Morgan fingerprint density at radius 3 is 2.59 bits per heavy atom. The fraction of sp³-hybridized carbons (Fsp3) is 0.571. The molecule has 96 valence electrons. The molecule has 0 saturated heterocycles. The summed E-state index contributed by atoms with van der Waals surface area (Å²) in [5.74, 6) is 1.00. The Morgan fingerprint density at radius 1 is 1.41 bits per heavy atom. The Kier molecular flexibility index (Phi) is 5.47. The summed E-state index contributed by atoms with van der Waals surface area (Å²) in [6.07, 6.45) is 1.62. The average molecular weight is 301 g/mol. The van der Waals surface area contributed by atoms with Crippen LogP contribution in [0.2, 0.25) is 0 Å². The molecule has 17 heavy (non-hydrogen) atoms. The van der Waals surface area contributed by atoms with Gasteiger partial charge in [0.25, 0.3) is 0 Å². The molecule has 1 aromatic rings. The molecule has 0 saturated carbocycles. The van der Waals surface area contributed by atoms with Gasteiger partial charge in [0.2, 0.25) is 0 Å². The van der Waals surface area contributed by atoms with Crippen LogP contribution in [-0.2, 0) is 0 Å². The van der Waals surface area contributed by atoms with Crippen LogP contribution < -0.4 is 4.74 Å². The molecule has 0 fully saturated rings. The van der Waals surface area contributed by atoms with Gasteiger partial charge < -0.3 is 9.84 Å². The molecule has 0 spiro atoms. The van der Waals surface area contributed by atoms with Gasteiger partial charge in [0.1, 0.15) is 5.75 Å². The first-order chi connectivity index (χ1) is 8.01. The molecule has 1 N–H and O–H groups in total. The second-order valence-corrected chi connectivity index (χ2v) is 5.41.